The zero-order valence-corrected chi connectivity index (χ0v) is 11.5. The van der Waals surface area contributed by atoms with E-state index >= 15 is 0 Å². The molecule has 0 saturated heterocycles. The molecular formula is C11H9ClF7NO2. The van der Waals surface area contributed by atoms with E-state index in [9.17, 15) is 35.5 Å². The van der Waals surface area contributed by atoms with Crippen molar-refractivity contribution in [1.82, 2.24) is 0 Å². The maximum atomic E-state index is 13.6. The molecule has 0 aliphatic rings. The Morgan fingerprint density at radius 3 is 2.00 bits per heavy atom. The molecule has 1 rings (SSSR count). The van der Waals surface area contributed by atoms with Gasteiger partial charge in [0, 0.05) is 5.56 Å². The number of rotatable bonds is 2. The van der Waals surface area contributed by atoms with E-state index in [1.165, 1.54) is 0 Å². The zero-order valence-electron chi connectivity index (χ0n) is 10.7. The third kappa shape index (κ3) is 4.23. The van der Waals surface area contributed by atoms with Crippen LogP contribution in [0.5, 0.6) is 0 Å². The SMILES string of the molecule is COC(=O)[C@@H](N)c1c(F)cc(C(F)(F)F)cc1C(F)(F)F.Cl. The van der Waals surface area contributed by atoms with Crippen LogP contribution >= 0.6 is 12.4 Å². The molecule has 0 amide bonds. The predicted octanol–water partition coefficient (Wildman–Crippen LogP) is 3.46. The lowest BCUT2D eigenvalue weighted by atomic mass is 9.96. The minimum Gasteiger partial charge on any atom is -0.468 e. The molecule has 0 aliphatic carbocycles. The third-order valence-electron chi connectivity index (χ3n) is 2.53. The Balaban J connectivity index is 0.00000441. The summed E-state index contributed by atoms with van der Waals surface area (Å²) in [6, 6.07) is -2.66. The Labute approximate surface area is 125 Å². The lowest BCUT2D eigenvalue weighted by molar-refractivity contribution is -0.145. The highest BCUT2D eigenvalue weighted by molar-refractivity contribution is 5.85. The summed E-state index contributed by atoms with van der Waals surface area (Å²) in [7, 11) is 0.789. The molecular weight excluding hydrogens is 347 g/mol. The molecule has 2 N–H and O–H groups in total. The number of alkyl halides is 6. The summed E-state index contributed by atoms with van der Waals surface area (Å²) in [5, 5.41) is 0. The Morgan fingerprint density at radius 1 is 1.14 bits per heavy atom. The van der Waals surface area contributed by atoms with Crippen LogP contribution < -0.4 is 5.73 Å². The molecule has 22 heavy (non-hydrogen) atoms. The summed E-state index contributed by atoms with van der Waals surface area (Å²) in [4.78, 5) is 11.1. The fourth-order valence-corrected chi connectivity index (χ4v) is 1.58. The molecule has 126 valence electrons. The lowest BCUT2D eigenvalue weighted by Crippen LogP contribution is -2.28. The van der Waals surface area contributed by atoms with Crippen LogP contribution in [-0.4, -0.2) is 13.1 Å². The Kier molecular flexibility index (Phi) is 6.22. The van der Waals surface area contributed by atoms with Crippen LogP contribution in [0.2, 0.25) is 0 Å². The van der Waals surface area contributed by atoms with Crippen molar-refractivity contribution in [1.29, 1.82) is 0 Å². The standard InChI is InChI=1S/C11H8F7NO2.ClH/c1-21-9(20)8(19)7-5(11(16,17)18)2-4(3-6(7)12)10(13,14)15;/h2-3,8H,19H2,1H3;1H/t8-;/m0./s1. The molecule has 1 atom stereocenters. The van der Waals surface area contributed by atoms with Gasteiger partial charge in [-0.05, 0) is 12.1 Å². The van der Waals surface area contributed by atoms with Crippen LogP contribution in [0.25, 0.3) is 0 Å². The van der Waals surface area contributed by atoms with Crippen molar-refractivity contribution < 1.29 is 40.3 Å². The van der Waals surface area contributed by atoms with Crippen molar-refractivity contribution in [2.45, 2.75) is 18.4 Å². The highest BCUT2D eigenvalue weighted by Crippen LogP contribution is 2.40. The Morgan fingerprint density at radius 2 is 1.64 bits per heavy atom. The second-order valence-corrected chi connectivity index (χ2v) is 3.92. The molecule has 0 aromatic heterocycles. The zero-order chi connectivity index (χ0) is 16.6. The summed E-state index contributed by atoms with van der Waals surface area (Å²) in [5.74, 6) is -3.31. The Bertz CT molecular complexity index is 557. The van der Waals surface area contributed by atoms with Crippen LogP contribution in [0.15, 0.2) is 12.1 Å². The van der Waals surface area contributed by atoms with Gasteiger partial charge in [0.25, 0.3) is 0 Å². The quantitative estimate of drug-likeness (QED) is 0.653. The van der Waals surface area contributed by atoms with Crippen molar-refractivity contribution in [3.63, 3.8) is 0 Å². The third-order valence-corrected chi connectivity index (χ3v) is 2.53. The number of carbonyl (C=O) groups is 1. The molecule has 0 spiro atoms. The van der Waals surface area contributed by atoms with Crippen LogP contribution in [-0.2, 0) is 21.9 Å². The smallest absolute Gasteiger partial charge is 0.416 e. The number of carbonyl (C=O) groups excluding carboxylic acids is 1. The Hall–Kier alpha value is -1.55. The minimum absolute atomic E-state index is 0. The lowest BCUT2D eigenvalue weighted by Gasteiger charge is -2.19. The van der Waals surface area contributed by atoms with E-state index in [2.05, 4.69) is 4.74 Å². The summed E-state index contributed by atoms with van der Waals surface area (Å²) in [5.41, 5.74) is -0.109. The molecule has 1 aromatic rings. The highest BCUT2D eigenvalue weighted by atomic mass is 35.5. The van der Waals surface area contributed by atoms with Gasteiger partial charge in [-0.2, -0.15) is 26.3 Å². The first kappa shape index (κ1) is 20.5. The number of methoxy groups -OCH3 is 1. The molecule has 3 nitrogen and oxygen atoms in total. The molecule has 0 fully saturated rings. The monoisotopic (exact) mass is 355 g/mol. The van der Waals surface area contributed by atoms with Gasteiger partial charge in [-0.25, -0.2) is 4.39 Å². The number of benzene rings is 1. The molecule has 0 aliphatic heterocycles. The average molecular weight is 356 g/mol. The topological polar surface area (TPSA) is 52.3 Å². The molecule has 0 bridgehead atoms. The van der Waals surface area contributed by atoms with Gasteiger partial charge in [0.15, 0.2) is 0 Å². The number of esters is 1. The van der Waals surface area contributed by atoms with Crippen LogP contribution in [0.4, 0.5) is 30.7 Å². The number of halogens is 8. The molecule has 0 heterocycles. The van der Waals surface area contributed by atoms with Crippen molar-refractivity contribution >= 4 is 18.4 Å². The second-order valence-electron chi connectivity index (χ2n) is 3.92. The van der Waals surface area contributed by atoms with E-state index in [-0.39, 0.29) is 24.5 Å². The van der Waals surface area contributed by atoms with Crippen molar-refractivity contribution in [2.75, 3.05) is 7.11 Å². The van der Waals surface area contributed by atoms with Gasteiger partial charge in [0.05, 0.1) is 18.2 Å². The second kappa shape index (κ2) is 6.69. The van der Waals surface area contributed by atoms with Crippen LogP contribution in [0.1, 0.15) is 22.7 Å². The molecule has 0 radical (unpaired) electrons. The molecule has 1 aromatic carbocycles. The highest BCUT2D eigenvalue weighted by Gasteiger charge is 2.42. The van der Waals surface area contributed by atoms with E-state index < -0.39 is 46.9 Å². The van der Waals surface area contributed by atoms with E-state index in [1.54, 1.807) is 0 Å². The van der Waals surface area contributed by atoms with Crippen molar-refractivity contribution in [2.24, 2.45) is 5.73 Å². The van der Waals surface area contributed by atoms with Crippen LogP contribution in [0.3, 0.4) is 0 Å². The first-order valence-electron chi connectivity index (χ1n) is 5.20. The normalized spacial score (nSPS) is 13.3. The summed E-state index contributed by atoms with van der Waals surface area (Å²) in [6.45, 7) is 0. The van der Waals surface area contributed by atoms with E-state index in [1.807, 2.05) is 0 Å². The van der Waals surface area contributed by atoms with Gasteiger partial charge >= 0.3 is 18.3 Å². The van der Waals surface area contributed by atoms with Gasteiger partial charge < -0.3 is 10.5 Å². The maximum Gasteiger partial charge on any atom is 0.416 e. The van der Waals surface area contributed by atoms with Gasteiger partial charge in [-0.15, -0.1) is 12.4 Å². The van der Waals surface area contributed by atoms with E-state index in [4.69, 9.17) is 5.73 Å². The van der Waals surface area contributed by atoms with Gasteiger partial charge in [0.2, 0.25) is 0 Å². The fourth-order valence-electron chi connectivity index (χ4n) is 1.58. The number of hydrogen-bond acceptors (Lipinski definition) is 3. The molecule has 11 heteroatoms. The number of nitrogens with two attached hydrogens (primary N) is 1. The van der Waals surface area contributed by atoms with Crippen LogP contribution in [0, 0.1) is 5.82 Å². The predicted molar refractivity (Wildman–Crippen MR) is 62.6 cm³/mol. The average Bonchev–Trinajstić information content (AvgIpc) is 2.33. The fraction of sp³-hybridized carbons (Fsp3) is 0.364. The summed E-state index contributed by atoms with van der Waals surface area (Å²) < 4.78 is 93.4. The molecule has 0 unspecified atom stereocenters. The van der Waals surface area contributed by atoms with Gasteiger partial charge in [0.1, 0.15) is 11.9 Å². The minimum atomic E-state index is -5.33. The largest absolute Gasteiger partial charge is 0.468 e. The first-order valence-corrected chi connectivity index (χ1v) is 5.20. The maximum absolute atomic E-state index is 13.6. The number of hydrogen-bond donors (Lipinski definition) is 1. The van der Waals surface area contributed by atoms with Crippen molar-refractivity contribution in [3.05, 3.63) is 34.6 Å². The summed E-state index contributed by atoms with van der Waals surface area (Å²) >= 11 is 0. The van der Waals surface area contributed by atoms with E-state index in [0.717, 1.165) is 7.11 Å². The van der Waals surface area contributed by atoms with Gasteiger partial charge in [-0.3, -0.25) is 4.79 Å². The molecule has 0 saturated carbocycles. The van der Waals surface area contributed by atoms with Gasteiger partial charge in [-0.1, -0.05) is 0 Å². The van der Waals surface area contributed by atoms with Crippen molar-refractivity contribution in [3.8, 4) is 0 Å². The number of ether oxygens (including phenoxy) is 1. The summed E-state index contributed by atoms with van der Waals surface area (Å²) in [6.07, 6.45) is -10.5. The van der Waals surface area contributed by atoms with E-state index in [0.29, 0.717) is 0 Å². The first-order chi connectivity index (χ1) is 9.39.